The molecule has 7 nitrogen and oxygen atoms in total. The van der Waals surface area contributed by atoms with E-state index in [-0.39, 0.29) is 29.4 Å². The molecule has 3 rings (SSSR count). The van der Waals surface area contributed by atoms with Gasteiger partial charge in [0.15, 0.2) is 11.5 Å². The number of nitrogens with one attached hydrogen (secondary N) is 1. The van der Waals surface area contributed by atoms with E-state index in [1.165, 1.54) is 30.7 Å². The molecule has 33 heavy (non-hydrogen) atoms. The third-order valence-corrected chi connectivity index (χ3v) is 8.36. The van der Waals surface area contributed by atoms with Crippen molar-refractivity contribution in [2.75, 3.05) is 20.8 Å². The Morgan fingerprint density at radius 3 is 2.42 bits per heavy atom. The van der Waals surface area contributed by atoms with E-state index in [2.05, 4.69) is 21.2 Å². The molecule has 0 unspecified atom stereocenters. The molecule has 1 fully saturated rings. The van der Waals surface area contributed by atoms with Crippen molar-refractivity contribution in [1.82, 2.24) is 9.62 Å². The highest BCUT2D eigenvalue weighted by Gasteiger charge is 2.34. The SMILES string of the molecule is COc1ccc(S(=O)(=O)N(CC(=O)N[C@H](C)c2cccc(Br)c2)C2CCCCC2)cc1OC. The molecule has 180 valence electrons. The molecule has 0 bridgehead atoms. The van der Waals surface area contributed by atoms with E-state index in [0.717, 1.165) is 42.1 Å². The molecular formula is C24H31BrN2O5S. The molecule has 1 atom stereocenters. The Kier molecular flexibility index (Phi) is 8.78. The minimum absolute atomic E-state index is 0.0820. The number of halogens is 1. The first-order valence-corrected chi connectivity index (χ1v) is 13.3. The van der Waals surface area contributed by atoms with Crippen LogP contribution in [0.1, 0.15) is 50.6 Å². The topological polar surface area (TPSA) is 84.9 Å². The lowest BCUT2D eigenvalue weighted by Gasteiger charge is -2.33. The van der Waals surface area contributed by atoms with Crippen LogP contribution in [-0.2, 0) is 14.8 Å². The zero-order valence-electron chi connectivity index (χ0n) is 19.2. The van der Waals surface area contributed by atoms with Gasteiger partial charge in [-0.25, -0.2) is 8.42 Å². The number of amides is 1. The molecule has 0 saturated heterocycles. The molecule has 1 saturated carbocycles. The average Bonchev–Trinajstić information content (AvgIpc) is 2.82. The van der Waals surface area contributed by atoms with Gasteiger partial charge in [-0.2, -0.15) is 4.31 Å². The zero-order chi connectivity index (χ0) is 24.0. The van der Waals surface area contributed by atoms with Gasteiger partial charge in [0.05, 0.1) is 31.7 Å². The van der Waals surface area contributed by atoms with Crippen molar-refractivity contribution in [2.45, 2.75) is 56.0 Å². The van der Waals surface area contributed by atoms with Gasteiger partial charge in [0, 0.05) is 16.6 Å². The summed E-state index contributed by atoms with van der Waals surface area (Å²) in [5.41, 5.74) is 0.935. The average molecular weight is 539 g/mol. The van der Waals surface area contributed by atoms with Gasteiger partial charge < -0.3 is 14.8 Å². The second-order valence-corrected chi connectivity index (χ2v) is 11.0. The fourth-order valence-corrected chi connectivity index (χ4v) is 6.25. The summed E-state index contributed by atoms with van der Waals surface area (Å²) in [6.07, 6.45) is 4.44. The summed E-state index contributed by atoms with van der Waals surface area (Å²) in [5, 5.41) is 2.95. The van der Waals surface area contributed by atoms with Crippen LogP contribution in [0.3, 0.4) is 0 Å². The van der Waals surface area contributed by atoms with Crippen molar-refractivity contribution < 1.29 is 22.7 Å². The molecule has 2 aromatic rings. The third-order valence-electron chi connectivity index (χ3n) is 5.97. The van der Waals surface area contributed by atoms with Crippen molar-refractivity contribution in [2.24, 2.45) is 0 Å². The number of rotatable bonds is 9. The molecule has 1 aliphatic carbocycles. The number of hydrogen-bond acceptors (Lipinski definition) is 5. The summed E-state index contributed by atoms with van der Waals surface area (Å²) in [4.78, 5) is 13.1. The number of ether oxygens (including phenoxy) is 2. The van der Waals surface area contributed by atoms with Crippen LogP contribution < -0.4 is 14.8 Å². The van der Waals surface area contributed by atoms with Gasteiger partial charge in [0.25, 0.3) is 0 Å². The molecule has 0 aromatic heterocycles. The molecule has 0 radical (unpaired) electrons. The lowest BCUT2D eigenvalue weighted by Crippen LogP contribution is -2.47. The minimum atomic E-state index is -3.93. The molecule has 1 amide bonds. The summed E-state index contributed by atoms with van der Waals surface area (Å²) in [5.74, 6) is 0.438. The first kappa shape index (κ1) is 25.5. The molecular weight excluding hydrogens is 508 g/mol. The van der Waals surface area contributed by atoms with Crippen LogP contribution in [0.15, 0.2) is 51.8 Å². The van der Waals surface area contributed by atoms with Crippen molar-refractivity contribution in [3.63, 3.8) is 0 Å². The quantitative estimate of drug-likeness (QED) is 0.501. The number of hydrogen-bond donors (Lipinski definition) is 1. The van der Waals surface area contributed by atoms with Crippen molar-refractivity contribution in [3.05, 3.63) is 52.5 Å². The summed E-state index contributed by atoms with van der Waals surface area (Å²) in [6, 6.07) is 11.7. The lowest BCUT2D eigenvalue weighted by molar-refractivity contribution is -0.122. The predicted molar refractivity (Wildman–Crippen MR) is 131 cm³/mol. The van der Waals surface area contributed by atoms with Gasteiger partial charge in [0.1, 0.15) is 0 Å². The first-order valence-electron chi connectivity index (χ1n) is 11.0. The summed E-state index contributed by atoms with van der Waals surface area (Å²) < 4.78 is 40.2. The predicted octanol–water partition coefficient (Wildman–Crippen LogP) is 4.67. The van der Waals surface area contributed by atoms with E-state index in [1.807, 2.05) is 31.2 Å². The van der Waals surface area contributed by atoms with Gasteiger partial charge in [-0.3, -0.25) is 4.79 Å². The normalized spacial score (nSPS) is 15.8. The number of carbonyl (C=O) groups excluding carboxylic acids is 1. The summed E-state index contributed by atoms with van der Waals surface area (Å²) in [7, 11) is -0.972. The zero-order valence-corrected chi connectivity index (χ0v) is 21.6. The van der Waals surface area contributed by atoms with E-state index < -0.39 is 10.0 Å². The van der Waals surface area contributed by atoms with Crippen LogP contribution >= 0.6 is 15.9 Å². The second-order valence-electron chi connectivity index (χ2n) is 8.20. The molecule has 2 aromatic carbocycles. The van der Waals surface area contributed by atoms with Crippen LogP contribution in [0.4, 0.5) is 0 Å². The van der Waals surface area contributed by atoms with Crippen LogP contribution in [0.5, 0.6) is 11.5 Å². The van der Waals surface area contributed by atoms with E-state index in [4.69, 9.17) is 9.47 Å². The molecule has 0 heterocycles. The van der Waals surface area contributed by atoms with Crippen LogP contribution in [0.25, 0.3) is 0 Å². The number of benzene rings is 2. The third kappa shape index (κ3) is 6.28. The highest BCUT2D eigenvalue weighted by molar-refractivity contribution is 9.10. The molecule has 1 aliphatic rings. The highest BCUT2D eigenvalue weighted by atomic mass is 79.9. The van der Waals surface area contributed by atoms with Crippen LogP contribution in [0, 0.1) is 0 Å². The number of nitrogens with zero attached hydrogens (tertiary/aromatic N) is 1. The molecule has 9 heteroatoms. The smallest absolute Gasteiger partial charge is 0.243 e. The Labute approximate surface area is 204 Å². The lowest BCUT2D eigenvalue weighted by atomic mass is 9.95. The maximum absolute atomic E-state index is 13.7. The van der Waals surface area contributed by atoms with Crippen molar-refractivity contribution in [3.8, 4) is 11.5 Å². The maximum Gasteiger partial charge on any atom is 0.243 e. The Morgan fingerprint density at radius 2 is 1.79 bits per heavy atom. The standard InChI is InChI=1S/C24H31BrN2O5S/c1-17(18-8-7-9-19(25)14-18)26-24(28)16-27(20-10-5-4-6-11-20)33(29,30)21-12-13-22(31-2)23(15-21)32-3/h7-9,12-15,17,20H,4-6,10-11,16H2,1-3H3,(H,26,28)/t17-/m1/s1. The Bertz CT molecular complexity index is 1070. The van der Waals surface area contributed by atoms with E-state index in [1.54, 1.807) is 6.07 Å². The fraction of sp³-hybridized carbons (Fsp3) is 0.458. The summed E-state index contributed by atoms with van der Waals surface area (Å²) >= 11 is 3.44. The van der Waals surface area contributed by atoms with Gasteiger partial charge in [-0.05, 0) is 49.6 Å². The van der Waals surface area contributed by atoms with Gasteiger partial charge in [0.2, 0.25) is 15.9 Å². The summed E-state index contributed by atoms with van der Waals surface area (Å²) in [6.45, 7) is 1.65. The molecule has 1 N–H and O–H groups in total. The van der Waals surface area contributed by atoms with Crippen molar-refractivity contribution in [1.29, 1.82) is 0 Å². The monoisotopic (exact) mass is 538 g/mol. The van der Waals surface area contributed by atoms with Gasteiger partial charge in [-0.1, -0.05) is 47.3 Å². The second kappa shape index (κ2) is 11.4. The fourth-order valence-electron chi connectivity index (χ4n) is 4.18. The number of methoxy groups -OCH3 is 2. The number of carbonyl (C=O) groups is 1. The highest BCUT2D eigenvalue weighted by Crippen LogP contribution is 2.33. The van der Waals surface area contributed by atoms with E-state index >= 15 is 0 Å². The Balaban J connectivity index is 1.86. The van der Waals surface area contributed by atoms with Crippen LogP contribution in [0.2, 0.25) is 0 Å². The van der Waals surface area contributed by atoms with E-state index in [9.17, 15) is 13.2 Å². The largest absolute Gasteiger partial charge is 0.493 e. The first-order chi connectivity index (χ1) is 15.8. The van der Waals surface area contributed by atoms with Crippen molar-refractivity contribution >= 4 is 31.9 Å². The van der Waals surface area contributed by atoms with Crippen LogP contribution in [-0.4, -0.2) is 45.4 Å². The Morgan fingerprint density at radius 1 is 1.09 bits per heavy atom. The maximum atomic E-state index is 13.7. The minimum Gasteiger partial charge on any atom is -0.493 e. The van der Waals surface area contributed by atoms with Gasteiger partial charge in [-0.15, -0.1) is 0 Å². The Hall–Kier alpha value is -2.10. The van der Waals surface area contributed by atoms with E-state index in [0.29, 0.717) is 11.5 Å². The number of sulfonamides is 1. The van der Waals surface area contributed by atoms with Gasteiger partial charge >= 0.3 is 0 Å². The molecule has 0 aliphatic heterocycles. The molecule has 0 spiro atoms.